The van der Waals surface area contributed by atoms with Gasteiger partial charge in [-0.2, -0.15) is 0 Å². The van der Waals surface area contributed by atoms with Crippen molar-refractivity contribution in [3.05, 3.63) is 69.2 Å². The van der Waals surface area contributed by atoms with Gasteiger partial charge in [0.15, 0.2) is 0 Å². The average molecular weight is 512 g/mol. The number of hydrogen-bond donors (Lipinski definition) is 0. The third kappa shape index (κ3) is 5.02. The summed E-state index contributed by atoms with van der Waals surface area (Å²) in [6.07, 6.45) is 4.47. The SMILES string of the molecule is CS(=O)(=O)N1CCC(CCOc2ccc3c(c2)CC(Br)=C3c2ccc(F)cc2F)CC1. The fourth-order valence-electron chi connectivity index (χ4n) is 4.31. The van der Waals surface area contributed by atoms with Crippen molar-refractivity contribution < 1.29 is 21.9 Å². The third-order valence-corrected chi connectivity index (χ3v) is 7.98. The first-order chi connectivity index (χ1) is 14.7. The number of allylic oxidation sites excluding steroid dienone is 1. The molecule has 0 aromatic heterocycles. The number of ether oxygens (including phenoxy) is 1. The quantitative estimate of drug-likeness (QED) is 0.540. The molecule has 1 fully saturated rings. The van der Waals surface area contributed by atoms with E-state index in [2.05, 4.69) is 15.9 Å². The Bertz CT molecular complexity index is 1130. The summed E-state index contributed by atoms with van der Waals surface area (Å²) in [5, 5.41) is 0. The maximum absolute atomic E-state index is 14.3. The van der Waals surface area contributed by atoms with Crippen LogP contribution in [0.5, 0.6) is 5.75 Å². The van der Waals surface area contributed by atoms with Gasteiger partial charge in [-0.3, -0.25) is 0 Å². The fraction of sp³-hybridized carbons (Fsp3) is 0.391. The Hall–Kier alpha value is -1.77. The molecule has 0 saturated carbocycles. The third-order valence-electron chi connectivity index (χ3n) is 6.00. The Morgan fingerprint density at radius 3 is 2.48 bits per heavy atom. The number of hydrogen-bond acceptors (Lipinski definition) is 3. The molecule has 8 heteroatoms. The van der Waals surface area contributed by atoms with E-state index < -0.39 is 21.7 Å². The molecule has 4 nitrogen and oxygen atoms in total. The van der Waals surface area contributed by atoms with E-state index in [1.807, 2.05) is 18.2 Å². The highest BCUT2D eigenvalue weighted by molar-refractivity contribution is 9.11. The molecule has 2 aromatic carbocycles. The second-order valence-electron chi connectivity index (χ2n) is 8.14. The summed E-state index contributed by atoms with van der Waals surface area (Å²) >= 11 is 3.55. The van der Waals surface area contributed by atoms with Crippen LogP contribution in [0.1, 0.15) is 36.0 Å². The summed E-state index contributed by atoms with van der Waals surface area (Å²) in [5.74, 6) is 0.0359. The first kappa shape index (κ1) is 22.4. The minimum Gasteiger partial charge on any atom is -0.494 e. The van der Waals surface area contributed by atoms with Gasteiger partial charge in [0.2, 0.25) is 10.0 Å². The summed E-state index contributed by atoms with van der Waals surface area (Å²) in [4.78, 5) is 0. The average Bonchev–Trinajstić information content (AvgIpc) is 3.03. The highest BCUT2D eigenvalue weighted by atomic mass is 79.9. The van der Waals surface area contributed by atoms with E-state index in [4.69, 9.17) is 4.74 Å². The van der Waals surface area contributed by atoms with Crippen LogP contribution in [0.25, 0.3) is 5.57 Å². The minimum absolute atomic E-state index is 0.376. The number of halogens is 3. The first-order valence-electron chi connectivity index (χ1n) is 10.3. The van der Waals surface area contributed by atoms with Crippen molar-refractivity contribution in [3.63, 3.8) is 0 Å². The van der Waals surface area contributed by atoms with E-state index in [1.54, 1.807) is 0 Å². The minimum atomic E-state index is -3.10. The van der Waals surface area contributed by atoms with Gasteiger partial charge in [-0.25, -0.2) is 21.5 Å². The van der Waals surface area contributed by atoms with E-state index in [-0.39, 0.29) is 0 Å². The second-order valence-corrected chi connectivity index (χ2v) is 11.1. The monoisotopic (exact) mass is 511 g/mol. The molecule has 0 unspecified atom stereocenters. The molecule has 0 amide bonds. The van der Waals surface area contributed by atoms with Crippen molar-refractivity contribution in [1.82, 2.24) is 4.31 Å². The van der Waals surface area contributed by atoms with Crippen molar-refractivity contribution in [3.8, 4) is 5.75 Å². The number of nitrogens with zero attached hydrogens (tertiary/aromatic N) is 1. The van der Waals surface area contributed by atoms with Gasteiger partial charge in [0.05, 0.1) is 12.9 Å². The van der Waals surface area contributed by atoms with Crippen LogP contribution >= 0.6 is 15.9 Å². The smallest absolute Gasteiger partial charge is 0.211 e. The molecule has 0 atom stereocenters. The van der Waals surface area contributed by atoms with Crippen molar-refractivity contribution in [1.29, 1.82) is 0 Å². The molecule has 0 radical (unpaired) electrons. The second kappa shape index (κ2) is 9.00. The Morgan fingerprint density at radius 2 is 1.81 bits per heavy atom. The lowest BCUT2D eigenvalue weighted by Crippen LogP contribution is -2.38. The van der Waals surface area contributed by atoms with E-state index in [1.165, 1.54) is 22.7 Å². The van der Waals surface area contributed by atoms with Gasteiger partial charge in [-0.05, 0) is 60.6 Å². The van der Waals surface area contributed by atoms with Gasteiger partial charge in [-0.1, -0.05) is 22.0 Å². The lowest BCUT2D eigenvalue weighted by atomic mass is 9.95. The van der Waals surface area contributed by atoms with Crippen molar-refractivity contribution >= 4 is 31.5 Å². The number of piperidine rings is 1. The number of fused-ring (bicyclic) bond motifs is 1. The molecular weight excluding hydrogens is 488 g/mol. The maximum Gasteiger partial charge on any atom is 0.211 e. The van der Waals surface area contributed by atoms with Gasteiger partial charge < -0.3 is 4.74 Å². The molecule has 1 aliphatic carbocycles. The normalized spacial score (nSPS) is 17.8. The molecule has 2 aromatic rings. The Morgan fingerprint density at radius 1 is 1.10 bits per heavy atom. The summed E-state index contributed by atoms with van der Waals surface area (Å²) in [7, 11) is -3.10. The molecule has 4 rings (SSSR count). The summed E-state index contributed by atoms with van der Waals surface area (Å²) < 4.78 is 59.2. The van der Waals surface area contributed by atoms with Gasteiger partial charge in [0.1, 0.15) is 17.4 Å². The summed E-state index contributed by atoms with van der Waals surface area (Å²) in [5.41, 5.74) is 3.07. The molecule has 0 N–H and O–H groups in total. The lowest BCUT2D eigenvalue weighted by molar-refractivity contribution is 0.219. The van der Waals surface area contributed by atoms with Crippen LogP contribution in [0.2, 0.25) is 0 Å². The predicted octanol–water partition coefficient (Wildman–Crippen LogP) is 5.12. The van der Waals surface area contributed by atoms with Crippen LogP contribution in [0.15, 0.2) is 40.9 Å². The summed E-state index contributed by atoms with van der Waals surface area (Å²) in [6, 6.07) is 9.40. The Balaban J connectivity index is 1.37. The van der Waals surface area contributed by atoms with Gasteiger partial charge in [0.25, 0.3) is 0 Å². The molecule has 31 heavy (non-hydrogen) atoms. The molecule has 0 spiro atoms. The van der Waals surface area contributed by atoms with Crippen LogP contribution in [-0.2, 0) is 16.4 Å². The fourth-order valence-corrected chi connectivity index (χ4v) is 5.91. The molecule has 1 aliphatic heterocycles. The molecule has 1 saturated heterocycles. The largest absolute Gasteiger partial charge is 0.494 e. The number of benzene rings is 2. The van der Waals surface area contributed by atoms with Crippen molar-refractivity contribution in [2.45, 2.75) is 25.7 Å². The first-order valence-corrected chi connectivity index (χ1v) is 12.9. The zero-order valence-corrected chi connectivity index (χ0v) is 19.6. The standard InChI is InChI=1S/C23H24BrF2NO3S/c1-31(28,29)27-9-6-15(7-10-27)8-11-30-18-3-5-19-16(12-18)13-21(24)23(19)20-4-2-17(25)14-22(20)26/h2-5,12,14-15H,6-11,13H2,1H3. The molecule has 0 bridgehead atoms. The van der Waals surface area contributed by atoms with Gasteiger partial charge in [-0.15, -0.1) is 0 Å². The van der Waals surface area contributed by atoms with Gasteiger partial charge >= 0.3 is 0 Å². The Kier molecular flexibility index (Phi) is 6.51. The highest BCUT2D eigenvalue weighted by Gasteiger charge is 2.26. The summed E-state index contributed by atoms with van der Waals surface area (Å²) in [6.45, 7) is 1.71. The lowest BCUT2D eigenvalue weighted by Gasteiger charge is -2.30. The van der Waals surface area contributed by atoms with Crippen LogP contribution in [0.4, 0.5) is 8.78 Å². The molecule has 166 valence electrons. The van der Waals surface area contributed by atoms with Crippen molar-refractivity contribution in [2.24, 2.45) is 5.92 Å². The van der Waals surface area contributed by atoms with Crippen LogP contribution in [0.3, 0.4) is 0 Å². The molecular formula is C23H24BrF2NO3S. The van der Waals surface area contributed by atoms with Crippen LogP contribution in [0, 0.1) is 17.6 Å². The van der Waals surface area contributed by atoms with E-state index in [0.29, 0.717) is 37.6 Å². The zero-order valence-electron chi connectivity index (χ0n) is 17.2. The Labute approximate surface area is 190 Å². The van der Waals surface area contributed by atoms with Crippen molar-refractivity contribution in [2.75, 3.05) is 26.0 Å². The van der Waals surface area contributed by atoms with Crippen LogP contribution < -0.4 is 4.74 Å². The highest BCUT2D eigenvalue weighted by Crippen LogP contribution is 2.42. The van der Waals surface area contributed by atoms with E-state index >= 15 is 0 Å². The number of rotatable bonds is 6. The van der Waals surface area contributed by atoms with Gasteiger partial charge in [0, 0.05) is 41.2 Å². The van der Waals surface area contributed by atoms with E-state index in [0.717, 1.165) is 52.3 Å². The molecule has 2 aliphatic rings. The van der Waals surface area contributed by atoms with E-state index in [9.17, 15) is 17.2 Å². The maximum atomic E-state index is 14.3. The molecule has 1 heterocycles. The predicted molar refractivity (Wildman–Crippen MR) is 121 cm³/mol. The van der Waals surface area contributed by atoms with Crippen LogP contribution in [-0.4, -0.2) is 38.7 Å². The zero-order chi connectivity index (χ0) is 22.2. The topological polar surface area (TPSA) is 46.6 Å². The number of sulfonamides is 1.